The Morgan fingerprint density at radius 1 is 0.933 bits per heavy atom. The molecule has 1 aliphatic carbocycles. The van der Waals surface area contributed by atoms with Crippen molar-refractivity contribution in [3.63, 3.8) is 0 Å². The molecule has 30 heavy (non-hydrogen) atoms. The van der Waals surface area contributed by atoms with E-state index in [9.17, 15) is 4.39 Å². The lowest BCUT2D eigenvalue weighted by Crippen LogP contribution is -3.15. The molecule has 0 radical (unpaired) electrons. The van der Waals surface area contributed by atoms with Gasteiger partial charge in [0.15, 0.2) is 6.04 Å². The van der Waals surface area contributed by atoms with Crippen molar-refractivity contribution in [1.82, 2.24) is 20.2 Å². The Hall–Kier alpha value is -2.80. The summed E-state index contributed by atoms with van der Waals surface area (Å²) >= 11 is 0. The summed E-state index contributed by atoms with van der Waals surface area (Å²) in [4.78, 5) is 3.73. The normalized spacial score (nSPS) is 19.3. The Bertz CT molecular complexity index is 961. The van der Waals surface area contributed by atoms with Crippen molar-refractivity contribution < 1.29 is 9.29 Å². The average Bonchev–Trinajstić information content (AvgIpc) is 3.48. The smallest absolute Gasteiger partial charge is 0.214 e. The minimum atomic E-state index is -0.195. The van der Waals surface area contributed by atoms with Crippen LogP contribution in [-0.4, -0.2) is 46.4 Å². The average molecular weight is 408 g/mol. The second-order valence-corrected chi connectivity index (χ2v) is 8.36. The summed E-state index contributed by atoms with van der Waals surface area (Å²) in [6.45, 7) is 3.67. The van der Waals surface area contributed by atoms with Gasteiger partial charge in [-0.15, -0.1) is 5.10 Å². The minimum Gasteiger partial charge on any atom is -0.360 e. The summed E-state index contributed by atoms with van der Waals surface area (Å²) in [6.07, 6.45) is 4.60. The number of quaternary nitrogens is 1. The summed E-state index contributed by atoms with van der Waals surface area (Å²) < 4.78 is 16.9. The van der Waals surface area contributed by atoms with Crippen LogP contribution in [0.4, 0.5) is 10.1 Å². The fourth-order valence-corrected chi connectivity index (χ4v) is 5.03. The molecule has 1 atom stereocenters. The SMILES string of the molecule is Fc1ccccc1[C@@H](c1nnnn1C1CCCC1)[NH+]1CCN(c2ccccc2)CC1. The van der Waals surface area contributed by atoms with Gasteiger partial charge < -0.3 is 9.80 Å². The van der Waals surface area contributed by atoms with Gasteiger partial charge >= 0.3 is 0 Å². The molecule has 6 nitrogen and oxygen atoms in total. The van der Waals surface area contributed by atoms with Crippen molar-refractivity contribution in [2.45, 2.75) is 37.8 Å². The third-order valence-electron chi connectivity index (χ3n) is 6.60. The first-order chi connectivity index (χ1) is 14.8. The van der Waals surface area contributed by atoms with Gasteiger partial charge in [0, 0.05) is 5.69 Å². The maximum absolute atomic E-state index is 14.9. The number of anilines is 1. The van der Waals surface area contributed by atoms with E-state index in [4.69, 9.17) is 0 Å². The third-order valence-corrected chi connectivity index (χ3v) is 6.60. The number of piperazine rings is 1. The molecule has 2 heterocycles. The van der Waals surface area contributed by atoms with Crippen molar-refractivity contribution in [1.29, 1.82) is 0 Å². The van der Waals surface area contributed by atoms with Gasteiger partial charge in [0.1, 0.15) is 5.82 Å². The fraction of sp³-hybridized carbons (Fsp3) is 0.435. The van der Waals surface area contributed by atoms with Crippen molar-refractivity contribution >= 4 is 5.69 Å². The van der Waals surface area contributed by atoms with Gasteiger partial charge in [-0.3, -0.25) is 0 Å². The molecule has 0 amide bonds. The molecule has 156 valence electrons. The van der Waals surface area contributed by atoms with Crippen molar-refractivity contribution in [2.24, 2.45) is 0 Å². The van der Waals surface area contributed by atoms with Crippen molar-refractivity contribution in [3.05, 3.63) is 71.8 Å². The minimum absolute atomic E-state index is 0.179. The Morgan fingerprint density at radius 3 is 2.37 bits per heavy atom. The molecule has 2 fully saturated rings. The highest BCUT2D eigenvalue weighted by Crippen LogP contribution is 2.31. The van der Waals surface area contributed by atoms with Crippen molar-refractivity contribution in [2.75, 3.05) is 31.1 Å². The molecule has 1 saturated heterocycles. The number of rotatable bonds is 5. The van der Waals surface area contributed by atoms with Gasteiger partial charge in [-0.05, 0) is 47.5 Å². The predicted molar refractivity (Wildman–Crippen MR) is 113 cm³/mol. The number of nitrogens with one attached hydrogen (secondary N) is 1. The molecule has 0 bridgehead atoms. The Kier molecular flexibility index (Phi) is 5.45. The summed E-state index contributed by atoms with van der Waals surface area (Å²) in [6, 6.07) is 17.7. The first-order valence-corrected chi connectivity index (χ1v) is 11.0. The molecule has 7 heteroatoms. The van der Waals surface area contributed by atoms with E-state index < -0.39 is 0 Å². The third kappa shape index (κ3) is 3.69. The van der Waals surface area contributed by atoms with Crippen LogP contribution in [0.15, 0.2) is 54.6 Å². The van der Waals surface area contributed by atoms with Crippen LogP contribution < -0.4 is 9.80 Å². The molecule has 1 aliphatic heterocycles. The molecule has 0 spiro atoms. The van der Waals surface area contributed by atoms with E-state index in [-0.39, 0.29) is 11.9 Å². The molecule has 5 rings (SSSR count). The van der Waals surface area contributed by atoms with E-state index >= 15 is 0 Å². The first-order valence-electron chi connectivity index (χ1n) is 11.0. The van der Waals surface area contributed by atoms with Crippen LogP contribution >= 0.6 is 0 Å². The largest absolute Gasteiger partial charge is 0.360 e. The summed E-state index contributed by atoms with van der Waals surface area (Å²) in [5, 5.41) is 12.8. The molecule has 2 aliphatic rings. The zero-order valence-electron chi connectivity index (χ0n) is 17.1. The van der Waals surface area contributed by atoms with Crippen LogP contribution in [0, 0.1) is 5.82 Å². The van der Waals surface area contributed by atoms with E-state index in [0.717, 1.165) is 44.8 Å². The molecule has 1 saturated carbocycles. The number of nitrogens with zero attached hydrogens (tertiary/aromatic N) is 5. The maximum Gasteiger partial charge on any atom is 0.214 e. The van der Waals surface area contributed by atoms with E-state index in [0.29, 0.717) is 11.6 Å². The molecule has 3 aromatic rings. The van der Waals surface area contributed by atoms with Crippen LogP contribution in [0.3, 0.4) is 0 Å². The van der Waals surface area contributed by atoms with E-state index in [1.54, 1.807) is 12.1 Å². The van der Waals surface area contributed by atoms with Gasteiger partial charge in [-0.25, -0.2) is 9.07 Å². The lowest BCUT2D eigenvalue weighted by molar-refractivity contribution is -0.927. The van der Waals surface area contributed by atoms with Crippen LogP contribution in [0.2, 0.25) is 0 Å². The monoisotopic (exact) mass is 407 g/mol. The fourth-order valence-electron chi connectivity index (χ4n) is 5.03. The van der Waals surface area contributed by atoms with Gasteiger partial charge in [0.2, 0.25) is 5.82 Å². The first kappa shape index (κ1) is 19.2. The van der Waals surface area contributed by atoms with Gasteiger partial charge in [0.05, 0.1) is 37.8 Å². The highest BCUT2D eigenvalue weighted by molar-refractivity contribution is 5.46. The second kappa shape index (κ2) is 8.52. The number of hydrogen-bond acceptors (Lipinski definition) is 4. The molecular formula is C23H28FN6+. The van der Waals surface area contributed by atoms with Crippen molar-refractivity contribution in [3.8, 4) is 0 Å². The van der Waals surface area contributed by atoms with Crippen LogP contribution in [0.5, 0.6) is 0 Å². The highest BCUT2D eigenvalue weighted by Gasteiger charge is 2.37. The van der Waals surface area contributed by atoms with Gasteiger partial charge in [0.25, 0.3) is 0 Å². The number of hydrogen-bond donors (Lipinski definition) is 1. The quantitative estimate of drug-likeness (QED) is 0.706. The molecule has 2 aromatic carbocycles. The number of benzene rings is 2. The molecule has 1 N–H and O–H groups in total. The van der Waals surface area contributed by atoms with Gasteiger partial charge in [-0.2, -0.15) is 0 Å². The standard InChI is InChI=1S/C23H27FN6/c24-21-13-7-6-12-20(21)22(23-25-26-27-30(23)19-10-4-5-11-19)29-16-14-28(15-17-29)18-8-2-1-3-9-18/h1-3,6-9,12-13,19,22H,4-5,10-11,14-17H2/p+1/t22-/m0/s1. The van der Waals surface area contributed by atoms with Crippen LogP contribution in [-0.2, 0) is 0 Å². The number of halogens is 1. The van der Waals surface area contributed by atoms with E-state index in [1.165, 1.54) is 23.4 Å². The second-order valence-electron chi connectivity index (χ2n) is 8.36. The lowest BCUT2D eigenvalue weighted by Gasteiger charge is -2.37. The zero-order valence-corrected chi connectivity index (χ0v) is 17.1. The molecule has 0 unspecified atom stereocenters. The van der Waals surface area contributed by atoms with Gasteiger partial charge in [-0.1, -0.05) is 43.2 Å². The summed E-state index contributed by atoms with van der Waals surface area (Å²) in [5.41, 5.74) is 1.93. The molecular weight excluding hydrogens is 379 g/mol. The Morgan fingerprint density at radius 2 is 1.63 bits per heavy atom. The number of para-hydroxylation sites is 1. The van der Waals surface area contributed by atoms with E-state index in [1.807, 2.05) is 22.9 Å². The summed E-state index contributed by atoms with van der Waals surface area (Å²) in [5.74, 6) is 0.622. The van der Waals surface area contributed by atoms with Crippen LogP contribution in [0.25, 0.3) is 0 Å². The Balaban J connectivity index is 1.45. The van der Waals surface area contributed by atoms with Crippen LogP contribution in [0.1, 0.15) is 49.2 Å². The topological polar surface area (TPSA) is 51.3 Å². The molecule has 1 aromatic heterocycles. The maximum atomic E-state index is 14.9. The Labute approximate surface area is 176 Å². The zero-order chi connectivity index (χ0) is 20.3. The predicted octanol–water partition coefficient (Wildman–Crippen LogP) is 2.42. The lowest BCUT2D eigenvalue weighted by atomic mass is 10.0. The number of tetrazole rings is 1. The number of aromatic nitrogens is 4. The van der Waals surface area contributed by atoms with E-state index in [2.05, 4.69) is 44.7 Å². The summed E-state index contributed by atoms with van der Waals surface area (Å²) in [7, 11) is 0. The highest BCUT2D eigenvalue weighted by atomic mass is 19.1.